The molecule has 0 amide bonds. The van der Waals surface area contributed by atoms with E-state index in [4.69, 9.17) is 38.0 Å². The van der Waals surface area contributed by atoms with E-state index in [0.29, 0.717) is 38.9 Å². The average molecular weight is 465 g/mol. The first-order valence-electron chi connectivity index (χ1n) is 10.0. The van der Waals surface area contributed by atoms with Crippen molar-refractivity contribution >= 4 is 34.9 Å². The fourth-order valence-corrected chi connectivity index (χ4v) is 4.01. The number of nitrogens with zero attached hydrogens (tertiary/aromatic N) is 3. The highest BCUT2D eigenvalue weighted by Crippen LogP contribution is 2.33. The molecule has 3 aromatic rings. The zero-order valence-electron chi connectivity index (χ0n) is 17.0. The SMILES string of the molecule is Cc1ccc(N2NOC(=O)C2=C2CC(c3ccc(Cl)cc3)N=c3ccccc3=N2)cc1Cl. The zero-order valence-corrected chi connectivity index (χ0v) is 18.6. The van der Waals surface area contributed by atoms with Crippen molar-refractivity contribution in [3.63, 3.8) is 0 Å². The van der Waals surface area contributed by atoms with Crippen LogP contribution in [0.5, 0.6) is 0 Å². The highest BCUT2D eigenvalue weighted by atomic mass is 35.5. The molecule has 0 aromatic heterocycles. The number of hydrogen-bond donors (Lipinski definition) is 1. The topological polar surface area (TPSA) is 66.3 Å². The number of anilines is 1. The third-order valence-corrected chi connectivity index (χ3v) is 6.07. The molecule has 0 bridgehead atoms. The Balaban J connectivity index is 1.69. The Morgan fingerprint density at radius 2 is 1.78 bits per heavy atom. The molecule has 1 atom stereocenters. The van der Waals surface area contributed by atoms with E-state index < -0.39 is 5.97 Å². The molecule has 6 nitrogen and oxygen atoms in total. The first-order chi connectivity index (χ1) is 15.5. The number of hydrogen-bond acceptors (Lipinski definition) is 6. The molecule has 160 valence electrons. The summed E-state index contributed by atoms with van der Waals surface area (Å²) in [4.78, 5) is 27.7. The van der Waals surface area contributed by atoms with Crippen LogP contribution in [0.1, 0.15) is 23.6 Å². The predicted molar refractivity (Wildman–Crippen MR) is 122 cm³/mol. The number of aryl methyl sites for hydroxylation is 1. The van der Waals surface area contributed by atoms with Crippen LogP contribution in [0.25, 0.3) is 0 Å². The summed E-state index contributed by atoms with van der Waals surface area (Å²) in [7, 11) is 0. The fraction of sp³-hybridized carbons (Fsp3) is 0.125. The van der Waals surface area contributed by atoms with E-state index in [0.717, 1.165) is 16.5 Å². The summed E-state index contributed by atoms with van der Waals surface area (Å²) in [5.41, 5.74) is 6.12. The Morgan fingerprint density at radius 1 is 1.03 bits per heavy atom. The second-order valence-electron chi connectivity index (χ2n) is 7.55. The van der Waals surface area contributed by atoms with E-state index in [1.54, 1.807) is 11.1 Å². The van der Waals surface area contributed by atoms with E-state index in [1.165, 1.54) is 0 Å². The van der Waals surface area contributed by atoms with Gasteiger partial charge in [0.1, 0.15) is 0 Å². The van der Waals surface area contributed by atoms with Crippen LogP contribution in [0.15, 0.2) is 88.1 Å². The third-order valence-electron chi connectivity index (χ3n) is 5.41. The van der Waals surface area contributed by atoms with Crippen LogP contribution in [0.3, 0.4) is 0 Å². The van der Waals surface area contributed by atoms with Crippen LogP contribution >= 0.6 is 23.2 Å². The van der Waals surface area contributed by atoms with Crippen LogP contribution in [0.2, 0.25) is 10.0 Å². The van der Waals surface area contributed by atoms with Crippen LogP contribution in [0, 0.1) is 6.92 Å². The van der Waals surface area contributed by atoms with Crippen LogP contribution in [-0.4, -0.2) is 5.97 Å². The molecule has 32 heavy (non-hydrogen) atoms. The van der Waals surface area contributed by atoms with Gasteiger partial charge >= 0.3 is 5.97 Å². The molecule has 1 saturated heterocycles. The van der Waals surface area contributed by atoms with E-state index in [2.05, 4.69) is 5.59 Å². The maximum atomic E-state index is 12.8. The van der Waals surface area contributed by atoms with Crippen molar-refractivity contribution in [1.82, 2.24) is 5.59 Å². The Labute approximate surface area is 194 Å². The van der Waals surface area contributed by atoms with Gasteiger partial charge in [-0.15, -0.1) is 0 Å². The van der Waals surface area contributed by atoms with Gasteiger partial charge in [-0.2, -0.15) is 0 Å². The number of carbonyl (C=O) groups is 1. The van der Waals surface area contributed by atoms with Crippen molar-refractivity contribution < 1.29 is 9.63 Å². The van der Waals surface area contributed by atoms with E-state index in [9.17, 15) is 4.79 Å². The van der Waals surface area contributed by atoms with Crippen molar-refractivity contribution in [1.29, 1.82) is 0 Å². The Kier molecular flexibility index (Phi) is 5.43. The largest absolute Gasteiger partial charge is 0.378 e. The van der Waals surface area contributed by atoms with Crippen molar-refractivity contribution in [2.45, 2.75) is 19.4 Å². The highest BCUT2D eigenvalue weighted by molar-refractivity contribution is 6.31. The molecule has 1 N–H and O–H groups in total. The summed E-state index contributed by atoms with van der Waals surface area (Å²) >= 11 is 12.4. The normalized spacial score (nSPS) is 20.2. The smallest absolute Gasteiger partial charge is 0.345 e. The molecule has 0 aliphatic carbocycles. The van der Waals surface area contributed by atoms with Crippen molar-refractivity contribution in [3.8, 4) is 0 Å². The first-order valence-corrected chi connectivity index (χ1v) is 10.8. The molecular formula is C24H18Cl2N4O2. The van der Waals surface area contributed by atoms with Crippen molar-refractivity contribution in [3.05, 3.63) is 110 Å². The van der Waals surface area contributed by atoms with Gasteiger partial charge in [-0.25, -0.2) is 14.8 Å². The summed E-state index contributed by atoms with van der Waals surface area (Å²) in [6, 6.07) is 20.4. The van der Waals surface area contributed by atoms with Crippen molar-refractivity contribution in [2.75, 3.05) is 5.01 Å². The summed E-state index contributed by atoms with van der Waals surface area (Å²) in [6.07, 6.45) is 0.401. The minimum Gasteiger partial charge on any atom is -0.345 e. The number of para-hydroxylation sites is 2. The van der Waals surface area contributed by atoms with Crippen LogP contribution in [-0.2, 0) is 9.63 Å². The zero-order chi connectivity index (χ0) is 22.2. The number of fused-ring (bicyclic) bond motifs is 1. The molecule has 2 aliphatic heterocycles. The van der Waals surface area contributed by atoms with E-state index >= 15 is 0 Å². The summed E-state index contributed by atoms with van der Waals surface area (Å²) in [5.74, 6) is -0.519. The molecule has 8 heteroatoms. The maximum absolute atomic E-state index is 12.8. The maximum Gasteiger partial charge on any atom is 0.378 e. The number of benzene rings is 3. The lowest BCUT2D eigenvalue weighted by molar-refractivity contribution is -0.140. The molecule has 1 unspecified atom stereocenters. The van der Waals surface area contributed by atoms with Gasteiger partial charge in [0.2, 0.25) is 0 Å². The molecule has 0 spiro atoms. The van der Waals surface area contributed by atoms with Gasteiger partial charge in [-0.1, -0.05) is 59.1 Å². The van der Waals surface area contributed by atoms with Gasteiger partial charge in [0.15, 0.2) is 5.70 Å². The molecule has 3 aromatic carbocycles. The van der Waals surface area contributed by atoms with Gasteiger partial charge in [-0.3, -0.25) is 4.99 Å². The second kappa shape index (κ2) is 8.39. The first kappa shape index (κ1) is 20.7. The number of halogens is 2. The lowest BCUT2D eigenvalue weighted by atomic mass is 10.0. The number of rotatable bonds is 2. The number of nitrogens with one attached hydrogen (secondary N) is 1. The van der Waals surface area contributed by atoms with E-state index in [1.807, 2.05) is 67.6 Å². The second-order valence-corrected chi connectivity index (χ2v) is 8.39. The van der Waals surface area contributed by atoms with Crippen molar-refractivity contribution in [2.24, 2.45) is 9.98 Å². The standard InChI is InChI=1S/C24H18Cl2N4O2/c1-14-6-11-17(12-18(14)26)30-23(24(31)32-29-30)22-13-21(15-7-9-16(25)10-8-15)27-19-4-2-3-5-20(19)28-22/h2-12,21,29H,13H2,1H3. The number of hydrazine groups is 1. The minimum atomic E-state index is -0.519. The van der Waals surface area contributed by atoms with E-state index in [-0.39, 0.29) is 6.04 Å². The highest BCUT2D eigenvalue weighted by Gasteiger charge is 2.34. The lowest BCUT2D eigenvalue weighted by Crippen LogP contribution is -2.29. The molecule has 2 aliphatic rings. The predicted octanol–water partition coefficient (Wildman–Crippen LogP) is 4.38. The lowest BCUT2D eigenvalue weighted by Gasteiger charge is -2.19. The fourth-order valence-electron chi connectivity index (χ4n) is 3.70. The van der Waals surface area contributed by atoms with Crippen LogP contribution < -0.4 is 21.3 Å². The molecular weight excluding hydrogens is 447 g/mol. The summed E-state index contributed by atoms with van der Waals surface area (Å²) in [5, 5.41) is 4.25. The Hall–Kier alpha value is -3.19. The average Bonchev–Trinajstić information content (AvgIpc) is 3.06. The Morgan fingerprint density at radius 3 is 2.53 bits per heavy atom. The molecule has 2 heterocycles. The Bertz CT molecular complexity index is 1370. The van der Waals surface area contributed by atoms with Crippen LogP contribution in [0.4, 0.5) is 5.69 Å². The molecule has 1 fully saturated rings. The van der Waals surface area contributed by atoms with Gasteiger partial charge in [0, 0.05) is 16.5 Å². The van der Waals surface area contributed by atoms with Gasteiger partial charge < -0.3 is 4.84 Å². The molecule has 5 rings (SSSR count). The molecule has 0 saturated carbocycles. The minimum absolute atomic E-state index is 0.251. The quantitative estimate of drug-likeness (QED) is 0.571. The monoisotopic (exact) mass is 464 g/mol. The number of carbonyl (C=O) groups excluding carboxylic acids is 1. The van der Waals surface area contributed by atoms with Gasteiger partial charge in [0.05, 0.1) is 28.1 Å². The molecule has 0 radical (unpaired) electrons. The van der Waals surface area contributed by atoms with Gasteiger partial charge in [-0.05, 0) is 54.4 Å². The van der Waals surface area contributed by atoms with Gasteiger partial charge in [0.25, 0.3) is 0 Å². The third kappa shape index (κ3) is 3.88. The summed E-state index contributed by atoms with van der Waals surface area (Å²) < 4.78 is 0. The summed E-state index contributed by atoms with van der Waals surface area (Å²) in [6.45, 7) is 1.92.